The number of aromatic nitrogens is 1. The molecule has 1 aliphatic heterocycles. The molecule has 1 amide bonds. The van der Waals surface area contributed by atoms with E-state index in [2.05, 4.69) is 9.88 Å². The molecule has 0 spiro atoms. The van der Waals surface area contributed by atoms with E-state index in [1.165, 1.54) is 24.3 Å². The Morgan fingerprint density at radius 2 is 1.57 bits per heavy atom. The van der Waals surface area contributed by atoms with E-state index in [-0.39, 0.29) is 11.7 Å². The molecule has 2 heterocycles. The second-order valence-corrected chi connectivity index (χ2v) is 4.99. The lowest BCUT2D eigenvalue weighted by Gasteiger charge is -2.36. The lowest BCUT2D eigenvalue weighted by molar-refractivity contribution is 0.0746. The van der Waals surface area contributed by atoms with E-state index in [9.17, 15) is 9.18 Å². The highest BCUT2D eigenvalue weighted by atomic mass is 19.1. The Morgan fingerprint density at radius 3 is 2.19 bits per heavy atom. The minimum absolute atomic E-state index is 0.0376. The number of carbonyl (C=O) groups excluding carboxylic acids is 1. The zero-order valence-electron chi connectivity index (χ0n) is 11.6. The van der Waals surface area contributed by atoms with Crippen LogP contribution in [0.2, 0.25) is 0 Å². The van der Waals surface area contributed by atoms with E-state index in [0.717, 1.165) is 18.8 Å². The van der Waals surface area contributed by atoms with Crippen molar-refractivity contribution in [3.63, 3.8) is 0 Å². The predicted octanol–water partition coefficient (Wildman–Crippen LogP) is 2.18. The summed E-state index contributed by atoms with van der Waals surface area (Å²) in [6.07, 6.45) is 3.54. The topological polar surface area (TPSA) is 36.4 Å². The molecule has 1 fully saturated rings. The third-order valence-corrected chi connectivity index (χ3v) is 3.69. The number of piperazine rings is 1. The monoisotopic (exact) mass is 285 g/mol. The molecular weight excluding hydrogens is 269 g/mol. The Balaban J connectivity index is 1.63. The van der Waals surface area contributed by atoms with Crippen LogP contribution in [0.5, 0.6) is 0 Å². The molecule has 2 aromatic rings. The van der Waals surface area contributed by atoms with Gasteiger partial charge >= 0.3 is 0 Å². The number of anilines is 1. The van der Waals surface area contributed by atoms with Crippen LogP contribution in [0.15, 0.2) is 48.8 Å². The zero-order valence-corrected chi connectivity index (χ0v) is 11.6. The zero-order chi connectivity index (χ0) is 14.7. The van der Waals surface area contributed by atoms with Crippen molar-refractivity contribution in [3.05, 3.63) is 60.2 Å². The van der Waals surface area contributed by atoms with E-state index in [1.54, 1.807) is 12.4 Å². The van der Waals surface area contributed by atoms with Gasteiger partial charge < -0.3 is 9.80 Å². The molecule has 0 bridgehead atoms. The van der Waals surface area contributed by atoms with E-state index < -0.39 is 0 Å². The summed E-state index contributed by atoms with van der Waals surface area (Å²) < 4.78 is 12.9. The van der Waals surface area contributed by atoms with Gasteiger partial charge in [0.05, 0.1) is 0 Å². The van der Waals surface area contributed by atoms with Crippen molar-refractivity contribution in [1.82, 2.24) is 9.88 Å². The second-order valence-electron chi connectivity index (χ2n) is 4.99. The molecule has 0 aliphatic carbocycles. The fraction of sp³-hybridized carbons (Fsp3) is 0.250. The minimum Gasteiger partial charge on any atom is -0.368 e. The highest BCUT2D eigenvalue weighted by molar-refractivity contribution is 5.94. The van der Waals surface area contributed by atoms with Crippen molar-refractivity contribution in [1.29, 1.82) is 0 Å². The number of benzene rings is 1. The van der Waals surface area contributed by atoms with Crippen LogP contribution in [-0.4, -0.2) is 42.0 Å². The summed E-state index contributed by atoms with van der Waals surface area (Å²) in [5.74, 6) is -0.363. The molecule has 4 nitrogen and oxygen atoms in total. The maximum absolute atomic E-state index is 12.9. The fourth-order valence-electron chi connectivity index (χ4n) is 2.50. The summed E-state index contributed by atoms with van der Waals surface area (Å²) in [6, 6.07) is 9.65. The Kier molecular flexibility index (Phi) is 3.81. The Labute approximate surface area is 122 Å². The van der Waals surface area contributed by atoms with Crippen molar-refractivity contribution < 1.29 is 9.18 Å². The van der Waals surface area contributed by atoms with Crippen molar-refractivity contribution in [3.8, 4) is 0 Å². The number of nitrogens with zero attached hydrogens (tertiary/aromatic N) is 3. The van der Waals surface area contributed by atoms with Crippen molar-refractivity contribution in [2.24, 2.45) is 0 Å². The van der Waals surface area contributed by atoms with Gasteiger partial charge in [0.15, 0.2) is 0 Å². The summed E-state index contributed by atoms with van der Waals surface area (Å²) in [5, 5.41) is 0. The molecule has 1 saturated heterocycles. The van der Waals surface area contributed by atoms with Crippen molar-refractivity contribution >= 4 is 11.6 Å². The van der Waals surface area contributed by atoms with E-state index in [0.29, 0.717) is 18.7 Å². The minimum atomic E-state index is -0.325. The summed E-state index contributed by atoms with van der Waals surface area (Å²) >= 11 is 0. The quantitative estimate of drug-likeness (QED) is 0.848. The molecule has 108 valence electrons. The number of pyridine rings is 1. The fourth-order valence-corrected chi connectivity index (χ4v) is 2.50. The maximum atomic E-state index is 12.9. The van der Waals surface area contributed by atoms with Crippen molar-refractivity contribution in [2.45, 2.75) is 0 Å². The first-order valence-corrected chi connectivity index (χ1v) is 6.94. The van der Waals surface area contributed by atoms with Crippen LogP contribution in [-0.2, 0) is 0 Å². The largest absolute Gasteiger partial charge is 0.368 e. The Hall–Kier alpha value is -2.43. The molecular formula is C16H16FN3O. The van der Waals surface area contributed by atoms with Crippen LogP contribution in [0.25, 0.3) is 0 Å². The first kappa shape index (κ1) is 13.5. The van der Waals surface area contributed by atoms with Gasteiger partial charge in [-0.15, -0.1) is 0 Å². The Bertz CT molecular complexity index is 607. The second kappa shape index (κ2) is 5.91. The molecule has 0 radical (unpaired) electrons. The van der Waals surface area contributed by atoms with Gasteiger partial charge in [-0.05, 0) is 36.4 Å². The van der Waals surface area contributed by atoms with Gasteiger partial charge in [0, 0.05) is 49.8 Å². The number of carbonyl (C=O) groups is 1. The molecule has 5 heteroatoms. The molecule has 0 unspecified atom stereocenters. The molecule has 3 rings (SSSR count). The molecule has 0 atom stereocenters. The van der Waals surface area contributed by atoms with Gasteiger partial charge in [0.2, 0.25) is 0 Å². The van der Waals surface area contributed by atoms with Crippen LogP contribution >= 0.6 is 0 Å². The molecule has 1 aromatic carbocycles. The average Bonchev–Trinajstić information content (AvgIpc) is 2.56. The standard InChI is InChI=1S/C16H16FN3O/c17-14-3-1-13(2-4-14)16(21)20-11-9-19(10-12-20)15-5-7-18-8-6-15/h1-8H,9-12H2. The van der Waals surface area contributed by atoms with Gasteiger partial charge in [0.25, 0.3) is 5.91 Å². The third kappa shape index (κ3) is 3.02. The third-order valence-electron chi connectivity index (χ3n) is 3.69. The summed E-state index contributed by atoms with van der Waals surface area (Å²) in [4.78, 5) is 20.4. The molecule has 1 aliphatic rings. The molecule has 21 heavy (non-hydrogen) atoms. The maximum Gasteiger partial charge on any atom is 0.253 e. The van der Waals surface area contributed by atoms with E-state index >= 15 is 0 Å². The number of amides is 1. The number of rotatable bonds is 2. The van der Waals surface area contributed by atoms with Crippen LogP contribution in [0.3, 0.4) is 0 Å². The van der Waals surface area contributed by atoms with Crippen LogP contribution in [0.4, 0.5) is 10.1 Å². The van der Waals surface area contributed by atoms with Crippen LogP contribution < -0.4 is 4.90 Å². The number of hydrogen-bond donors (Lipinski definition) is 0. The highest BCUT2D eigenvalue weighted by Gasteiger charge is 2.22. The molecule has 0 saturated carbocycles. The van der Waals surface area contributed by atoms with E-state index in [1.807, 2.05) is 17.0 Å². The summed E-state index contributed by atoms with van der Waals surface area (Å²) in [6.45, 7) is 2.91. The summed E-state index contributed by atoms with van der Waals surface area (Å²) in [5.41, 5.74) is 1.66. The first-order valence-electron chi connectivity index (χ1n) is 6.94. The SMILES string of the molecule is O=C(c1ccc(F)cc1)N1CCN(c2ccncc2)CC1. The van der Waals surface area contributed by atoms with Gasteiger partial charge in [-0.25, -0.2) is 4.39 Å². The smallest absolute Gasteiger partial charge is 0.253 e. The normalized spacial score (nSPS) is 15.1. The van der Waals surface area contributed by atoms with Gasteiger partial charge in [0.1, 0.15) is 5.82 Å². The predicted molar refractivity (Wildman–Crippen MR) is 78.8 cm³/mol. The number of hydrogen-bond acceptors (Lipinski definition) is 3. The van der Waals surface area contributed by atoms with Gasteiger partial charge in [-0.2, -0.15) is 0 Å². The Morgan fingerprint density at radius 1 is 0.952 bits per heavy atom. The van der Waals surface area contributed by atoms with E-state index in [4.69, 9.17) is 0 Å². The first-order chi connectivity index (χ1) is 10.2. The lowest BCUT2D eigenvalue weighted by atomic mass is 10.1. The molecule has 0 N–H and O–H groups in total. The van der Waals surface area contributed by atoms with Gasteiger partial charge in [-0.3, -0.25) is 9.78 Å². The summed E-state index contributed by atoms with van der Waals surface area (Å²) in [7, 11) is 0. The number of halogens is 1. The van der Waals surface area contributed by atoms with Gasteiger partial charge in [-0.1, -0.05) is 0 Å². The highest BCUT2D eigenvalue weighted by Crippen LogP contribution is 2.16. The van der Waals surface area contributed by atoms with Crippen molar-refractivity contribution in [2.75, 3.05) is 31.1 Å². The average molecular weight is 285 g/mol. The molecule has 1 aromatic heterocycles. The lowest BCUT2D eigenvalue weighted by Crippen LogP contribution is -2.48. The van der Waals surface area contributed by atoms with Crippen LogP contribution in [0, 0.1) is 5.82 Å². The van der Waals surface area contributed by atoms with Crippen LogP contribution in [0.1, 0.15) is 10.4 Å².